The standard InChI is InChI=1S/C20H32F3N3O2/c1-2-28-18(27)25-11-7-19(14-25)12-16(13-19)24-9-5-15(6-10-24)26-8-3-4-17(26)20(21,22)23/h15-17H,2-14H2,1H3. The van der Waals surface area contributed by atoms with E-state index in [0.29, 0.717) is 25.6 Å². The lowest BCUT2D eigenvalue weighted by molar-refractivity contribution is -0.183. The van der Waals surface area contributed by atoms with Gasteiger partial charge < -0.3 is 14.5 Å². The number of nitrogens with zero attached hydrogens (tertiary/aromatic N) is 3. The fourth-order valence-electron chi connectivity index (χ4n) is 6.00. The lowest BCUT2D eigenvalue weighted by atomic mass is 9.64. The fraction of sp³-hybridized carbons (Fsp3) is 0.950. The van der Waals surface area contributed by atoms with Crippen LogP contribution >= 0.6 is 0 Å². The zero-order valence-electron chi connectivity index (χ0n) is 16.7. The molecule has 3 heterocycles. The second-order valence-electron chi connectivity index (χ2n) is 9.14. The molecule has 0 aromatic rings. The van der Waals surface area contributed by atoms with Crippen molar-refractivity contribution in [2.24, 2.45) is 5.41 Å². The Kier molecular flexibility index (Phi) is 5.55. The molecule has 0 N–H and O–H groups in total. The van der Waals surface area contributed by atoms with Gasteiger partial charge in [0, 0.05) is 25.2 Å². The van der Waals surface area contributed by atoms with E-state index in [4.69, 9.17) is 4.74 Å². The molecule has 3 aliphatic heterocycles. The van der Waals surface area contributed by atoms with Crippen LogP contribution in [0.5, 0.6) is 0 Å². The van der Waals surface area contributed by atoms with E-state index in [9.17, 15) is 18.0 Å². The van der Waals surface area contributed by atoms with Crippen molar-refractivity contribution in [2.75, 3.05) is 39.3 Å². The third kappa shape index (κ3) is 3.86. The molecule has 1 atom stereocenters. The normalized spacial score (nSPS) is 35.5. The lowest BCUT2D eigenvalue weighted by Crippen LogP contribution is -2.57. The number of piperidine rings is 1. The van der Waals surface area contributed by atoms with Crippen LogP contribution in [0.1, 0.15) is 51.9 Å². The van der Waals surface area contributed by atoms with E-state index < -0.39 is 12.2 Å². The lowest BCUT2D eigenvalue weighted by Gasteiger charge is -2.52. The van der Waals surface area contributed by atoms with Gasteiger partial charge in [-0.1, -0.05) is 0 Å². The van der Waals surface area contributed by atoms with Crippen LogP contribution in [0.2, 0.25) is 0 Å². The van der Waals surface area contributed by atoms with Gasteiger partial charge in [0.25, 0.3) is 0 Å². The number of hydrogen-bond donors (Lipinski definition) is 0. The molecule has 28 heavy (non-hydrogen) atoms. The number of rotatable bonds is 3. The van der Waals surface area contributed by atoms with E-state index in [2.05, 4.69) is 4.90 Å². The van der Waals surface area contributed by atoms with Gasteiger partial charge in [0.05, 0.1) is 6.61 Å². The second kappa shape index (κ2) is 7.67. The molecule has 1 amide bonds. The zero-order valence-corrected chi connectivity index (χ0v) is 16.7. The Bertz CT molecular complexity index is 572. The van der Waals surface area contributed by atoms with Crippen LogP contribution in [0.4, 0.5) is 18.0 Å². The Morgan fingerprint density at radius 1 is 1.07 bits per heavy atom. The average Bonchev–Trinajstić information content (AvgIpc) is 3.28. The molecule has 1 saturated carbocycles. The van der Waals surface area contributed by atoms with Gasteiger partial charge in [-0.15, -0.1) is 0 Å². The average molecular weight is 403 g/mol. The van der Waals surface area contributed by atoms with Crippen molar-refractivity contribution < 1.29 is 22.7 Å². The summed E-state index contributed by atoms with van der Waals surface area (Å²) in [5.41, 5.74) is 0.241. The number of ether oxygens (including phenoxy) is 1. The zero-order chi connectivity index (χ0) is 19.9. The van der Waals surface area contributed by atoms with Crippen molar-refractivity contribution in [3.05, 3.63) is 0 Å². The molecule has 0 aromatic carbocycles. The quantitative estimate of drug-likeness (QED) is 0.723. The van der Waals surface area contributed by atoms with Crippen LogP contribution < -0.4 is 0 Å². The van der Waals surface area contributed by atoms with Crippen LogP contribution in [0, 0.1) is 5.41 Å². The molecule has 160 valence electrons. The van der Waals surface area contributed by atoms with Gasteiger partial charge in [0.1, 0.15) is 6.04 Å². The molecule has 0 radical (unpaired) electrons. The molecular weight excluding hydrogens is 371 g/mol. The Morgan fingerprint density at radius 3 is 2.43 bits per heavy atom. The Hall–Kier alpha value is -1.02. The van der Waals surface area contributed by atoms with E-state index in [0.717, 1.165) is 58.3 Å². The summed E-state index contributed by atoms with van der Waals surface area (Å²) in [6.45, 7) is 6.19. The molecule has 0 bridgehead atoms. The Labute approximate surface area is 165 Å². The monoisotopic (exact) mass is 403 g/mol. The summed E-state index contributed by atoms with van der Waals surface area (Å²) in [7, 11) is 0. The first-order valence-electron chi connectivity index (χ1n) is 10.8. The Morgan fingerprint density at radius 2 is 1.79 bits per heavy atom. The number of carbonyl (C=O) groups excluding carboxylic acids is 1. The summed E-state index contributed by atoms with van der Waals surface area (Å²) >= 11 is 0. The molecule has 4 fully saturated rings. The van der Waals surface area contributed by atoms with Crippen LogP contribution in [0.3, 0.4) is 0 Å². The number of carbonyl (C=O) groups is 1. The van der Waals surface area contributed by atoms with Crippen molar-refractivity contribution in [2.45, 2.75) is 76.2 Å². The van der Waals surface area contributed by atoms with E-state index >= 15 is 0 Å². The van der Waals surface area contributed by atoms with Crippen molar-refractivity contribution in [3.8, 4) is 0 Å². The molecule has 3 saturated heterocycles. The maximum atomic E-state index is 13.3. The van der Waals surface area contributed by atoms with Crippen LogP contribution in [-0.4, -0.2) is 84.4 Å². The summed E-state index contributed by atoms with van der Waals surface area (Å²) in [4.78, 5) is 18.0. The van der Waals surface area contributed by atoms with Crippen molar-refractivity contribution >= 4 is 6.09 Å². The van der Waals surface area contributed by atoms with Crippen molar-refractivity contribution in [1.82, 2.24) is 14.7 Å². The van der Waals surface area contributed by atoms with Gasteiger partial charge in [-0.2, -0.15) is 13.2 Å². The van der Waals surface area contributed by atoms with Gasteiger partial charge >= 0.3 is 12.3 Å². The number of amides is 1. The topological polar surface area (TPSA) is 36.0 Å². The van der Waals surface area contributed by atoms with E-state index in [-0.39, 0.29) is 24.0 Å². The summed E-state index contributed by atoms with van der Waals surface area (Å²) in [5, 5.41) is 0. The highest BCUT2D eigenvalue weighted by atomic mass is 19.4. The smallest absolute Gasteiger partial charge is 0.409 e. The van der Waals surface area contributed by atoms with Crippen molar-refractivity contribution in [3.63, 3.8) is 0 Å². The predicted molar refractivity (Wildman–Crippen MR) is 99.0 cm³/mol. The van der Waals surface area contributed by atoms with Crippen molar-refractivity contribution in [1.29, 1.82) is 0 Å². The summed E-state index contributed by atoms with van der Waals surface area (Å²) in [5.74, 6) is 0. The number of hydrogen-bond acceptors (Lipinski definition) is 4. The maximum absolute atomic E-state index is 13.3. The van der Waals surface area contributed by atoms with E-state index in [1.807, 2.05) is 11.8 Å². The Balaban J connectivity index is 1.24. The third-order valence-electron chi connectivity index (χ3n) is 7.46. The van der Waals surface area contributed by atoms with Crippen LogP contribution in [0.25, 0.3) is 0 Å². The molecule has 8 heteroatoms. The maximum Gasteiger partial charge on any atom is 0.409 e. The highest BCUT2D eigenvalue weighted by Crippen LogP contribution is 2.50. The van der Waals surface area contributed by atoms with Gasteiger partial charge in [-0.3, -0.25) is 4.90 Å². The highest BCUT2D eigenvalue weighted by Gasteiger charge is 2.52. The first-order chi connectivity index (χ1) is 13.3. The minimum atomic E-state index is -4.10. The third-order valence-corrected chi connectivity index (χ3v) is 7.46. The molecule has 1 aliphatic carbocycles. The molecule has 1 unspecified atom stereocenters. The number of alkyl halides is 3. The fourth-order valence-corrected chi connectivity index (χ4v) is 6.00. The van der Waals surface area contributed by atoms with Gasteiger partial charge in [0.2, 0.25) is 0 Å². The van der Waals surface area contributed by atoms with E-state index in [1.165, 1.54) is 0 Å². The molecule has 1 spiro atoms. The summed E-state index contributed by atoms with van der Waals surface area (Å²) < 4.78 is 44.9. The van der Waals surface area contributed by atoms with Crippen LogP contribution in [0.15, 0.2) is 0 Å². The largest absolute Gasteiger partial charge is 0.450 e. The summed E-state index contributed by atoms with van der Waals surface area (Å²) in [6.07, 6.45) is 1.54. The molecule has 0 aromatic heterocycles. The first-order valence-corrected chi connectivity index (χ1v) is 10.8. The predicted octanol–water partition coefficient (Wildman–Crippen LogP) is 3.49. The minimum absolute atomic E-state index is 0.0743. The first kappa shape index (κ1) is 20.3. The minimum Gasteiger partial charge on any atom is -0.450 e. The summed E-state index contributed by atoms with van der Waals surface area (Å²) in [6, 6.07) is -0.631. The van der Waals surface area contributed by atoms with Crippen LogP contribution in [-0.2, 0) is 4.74 Å². The molecule has 4 aliphatic rings. The SMILES string of the molecule is CCOC(=O)N1CCC2(CC(N3CCC(N4CCCC4C(F)(F)F)CC3)C2)C1. The van der Waals surface area contributed by atoms with Gasteiger partial charge in [-0.25, -0.2) is 4.79 Å². The molecular formula is C20H32F3N3O2. The number of likely N-dealkylation sites (tertiary alicyclic amines) is 3. The second-order valence-corrected chi connectivity index (χ2v) is 9.14. The van der Waals surface area contributed by atoms with E-state index in [1.54, 1.807) is 4.90 Å². The highest BCUT2D eigenvalue weighted by molar-refractivity contribution is 5.68. The number of halogens is 3. The molecule has 5 nitrogen and oxygen atoms in total. The van der Waals surface area contributed by atoms with Gasteiger partial charge in [0.15, 0.2) is 0 Å². The van der Waals surface area contributed by atoms with Gasteiger partial charge in [-0.05, 0) is 76.9 Å². The molecule has 4 rings (SSSR count).